The van der Waals surface area contributed by atoms with Gasteiger partial charge in [-0.3, -0.25) is 4.79 Å². The summed E-state index contributed by atoms with van der Waals surface area (Å²) >= 11 is 0. The van der Waals surface area contributed by atoms with Crippen LogP contribution in [0.2, 0.25) is 0 Å². The molecule has 0 bridgehead atoms. The third-order valence-electron chi connectivity index (χ3n) is 6.01. The van der Waals surface area contributed by atoms with E-state index in [2.05, 4.69) is 34.9 Å². The van der Waals surface area contributed by atoms with Gasteiger partial charge >= 0.3 is 0 Å². The second-order valence-electron chi connectivity index (χ2n) is 7.86. The van der Waals surface area contributed by atoms with E-state index in [0.717, 1.165) is 40.4 Å². The third kappa shape index (κ3) is 3.35. The molecule has 3 aromatic rings. The summed E-state index contributed by atoms with van der Waals surface area (Å²) in [5, 5.41) is 7.20. The van der Waals surface area contributed by atoms with Crippen molar-refractivity contribution in [2.24, 2.45) is 0 Å². The van der Waals surface area contributed by atoms with Crippen LogP contribution < -0.4 is 15.4 Å². The molecule has 0 saturated heterocycles. The lowest BCUT2D eigenvalue weighted by Gasteiger charge is -2.30. The fourth-order valence-corrected chi connectivity index (χ4v) is 4.52. The number of para-hydroxylation sites is 2. The fourth-order valence-electron chi connectivity index (χ4n) is 4.52. The molecule has 4 heteroatoms. The molecule has 150 valence electrons. The molecule has 4 nitrogen and oxygen atoms in total. The molecule has 0 unspecified atom stereocenters. The lowest BCUT2D eigenvalue weighted by atomic mass is 9.78. The van der Waals surface area contributed by atoms with E-state index in [1.54, 1.807) is 7.11 Å². The van der Waals surface area contributed by atoms with Crippen LogP contribution in [0.25, 0.3) is 0 Å². The van der Waals surface area contributed by atoms with Gasteiger partial charge < -0.3 is 15.4 Å². The largest absolute Gasteiger partial charge is 0.497 e. The lowest BCUT2D eigenvalue weighted by molar-refractivity contribution is -0.116. The van der Waals surface area contributed by atoms with Crippen LogP contribution in [-0.4, -0.2) is 12.9 Å². The van der Waals surface area contributed by atoms with Crippen LogP contribution in [0.3, 0.4) is 0 Å². The Morgan fingerprint density at radius 1 is 0.833 bits per heavy atom. The van der Waals surface area contributed by atoms with Crippen molar-refractivity contribution >= 4 is 17.2 Å². The first kappa shape index (κ1) is 18.5. The molecule has 0 aromatic heterocycles. The van der Waals surface area contributed by atoms with Crippen LogP contribution in [-0.2, 0) is 4.79 Å². The summed E-state index contributed by atoms with van der Waals surface area (Å²) in [4.78, 5) is 13.5. The van der Waals surface area contributed by atoms with Crippen molar-refractivity contribution in [2.75, 3.05) is 17.7 Å². The molecule has 5 rings (SSSR count). The van der Waals surface area contributed by atoms with Crippen LogP contribution in [0.5, 0.6) is 5.75 Å². The van der Waals surface area contributed by atoms with E-state index >= 15 is 0 Å². The van der Waals surface area contributed by atoms with E-state index in [1.807, 2.05) is 54.6 Å². The zero-order valence-corrected chi connectivity index (χ0v) is 16.9. The number of nitrogens with one attached hydrogen (secondary N) is 2. The molecule has 1 aliphatic heterocycles. The Bertz CT molecular complexity index is 1120. The van der Waals surface area contributed by atoms with Gasteiger partial charge in [-0.25, -0.2) is 0 Å². The van der Waals surface area contributed by atoms with Gasteiger partial charge in [0.15, 0.2) is 5.78 Å². The number of fused-ring (bicyclic) bond motifs is 1. The Balaban J connectivity index is 1.62. The summed E-state index contributed by atoms with van der Waals surface area (Å²) in [6, 6.07) is 26.2. The predicted octanol–water partition coefficient (Wildman–Crippen LogP) is 5.67. The van der Waals surface area contributed by atoms with Crippen molar-refractivity contribution in [1.82, 2.24) is 0 Å². The Morgan fingerprint density at radius 3 is 2.37 bits per heavy atom. The zero-order valence-electron chi connectivity index (χ0n) is 16.9. The van der Waals surface area contributed by atoms with Crippen LogP contribution in [0.15, 0.2) is 90.1 Å². The molecular weight excluding hydrogens is 372 g/mol. The summed E-state index contributed by atoms with van der Waals surface area (Å²) in [5.74, 6) is 1.15. The average molecular weight is 396 g/mol. The summed E-state index contributed by atoms with van der Waals surface area (Å²) in [6.45, 7) is 0. The minimum absolute atomic E-state index is 0.182. The highest BCUT2D eigenvalue weighted by Gasteiger charge is 2.36. The normalized spacial score (nSPS) is 20.4. The topological polar surface area (TPSA) is 50.4 Å². The van der Waals surface area contributed by atoms with E-state index in [-0.39, 0.29) is 17.7 Å². The quantitative estimate of drug-likeness (QED) is 0.598. The summed E-state index contributed by atoms with van der Waals surface area (Å²) < 4.78 is 5.44. The number of hydrogen-bond acceptors (Lipinski definition) is 4. The second-order valence-corrected chi connectivity index (χ2v) is 7.86. The van der Waals surface area contributed by atoms with Crippen molar-refractivity contribution in [3.05, 3.63) is 101 Å². The van der Waals surface area contributed by atoms with Gasteiger partial charge in [-0.05, 0) is 47.7 Å². The van der Waals surface area contributed by atoms with E-state index in [1.165, 1.54) is 5.56 Å². The molecule has 2 atom stereocenters. The van der Waals surface area contributed by atoms with Crippen molar-refractivity contribution in [1.29, 1.82) is 0 Å². The number of carbonyl (C=O) groups is 1. The third-order valence-corrected chi connectivity index (χ3v) is 6.01. The molecular formula is C26H24N2O2. The average Bonchev–Trinajstić information content (AvgIpc) is 2.96. The van der Waals surface area contributed by atoms with E-state index in [0.29, 0.717) is 6.42 Å². The Morgan fingerprint density at radius 2 is 1.57 bits per heavy atom. The van der Waals surface area contributed by atoms with E-state index in [9.17, 15) is 4.79 Å². The Kier molecular flexibility index (Phi) is 4.75. The SMILES string of the molecule is COc1cccc([C@@H]2Nc3ccccc3NC3=C2C(=O)C[C@H](c2ccccc2)C3)c1. The second kappa shape index (κ2) is 7.71. The van der Waals surface area contributed by atoms with Crippen LogP contribution in [0.4, 0.5) is 11.4 Å². The maximum Gasteiger partial charge on any atom is 0.163 e. The van der Waals surface area contributed by atoms with Gasteiger partial charge in [0.2, 0.25) is 0 Å². The number of carbonyl (C=O) groups excluding carboxylic acids is 1. The number of benzene rings is 3. The molecule has 1 heterocycles. The Labute approximate surface area is 176 Å². The van der Waals surface area contributed by atoms with Gasteiger partial charge in [0, 0.05) is 17.7 Å². The molecule has 0 spiro atoms. The minimum atomic E-state index is -0.226. The lowest BCUT2D eigenvalue weighted by Crippen LogP contribution is -2.26. The van der Waals surface area contributed by atoms with Crippen LogP contribution in [0.1, 0.15) is 35.9 Å². The van der Waals surface area contributed by atoms with Gasteiger partial charge in [-0.2, -0.15) is 0 Å². The number of methoxy groups -OCH3 is 1. The summed E-state index contributed by atoms with van der Waals surface area (Å²) in [6.07, 6.45) is 1.32. The summed E-state index contributed by atoms with van der Waals surface area (Å²) in [7, 11) is 1.66. The highest BCUT2D eigenvalue weighted by Crippen LogP contribution is 2.44. The monoisotopic (exact) mass is 396 g/mol. The number of rotatable bonds is 3. The van der Waals surface area contributed by atoms with Gasteiger partial charge in [0.05, 0.1) is 24.5 Å². The fraction of sp³-hybridized carbons (Fsp3) is 0.192. The number of anilines is 2. The maximum absolute atomic E-state index is 13.5. The zero-order chi connectivity index (χ0) is 20.5. The summed E-state index contributed by atoms with van der Waals surface area (Å²) in [5.41, 5.74) is 6.05. The minimum Gasteiger partial charge on any atom is -0.497 e. The molecule has 0 fully saturated rings. The molecule has 2 aliphatic rings. The number of allylic oxidation sites excluding steroid dienone is 1. The molecule has 1 aliphatic carbocycles. The molecule has 2 N–H and O–H groups in total. The van der Waals surface area contributed by atoms with Gasteiger partial charge in [-0.15, -0.1) is 0 Å². The molecule has 30 heavy (non-hydrogen) atoms. The Hall–Kier alpha value is -3.53. The first-order valence-electron chi connectivity index (χ1n) is 10.3. The number of ether oxygens (including phenoxy) is 1. The highest BCUT2D eigenvalue weighted by molar-refractivity contribution is 6.01. The maximum atomic E-state index is 13.5. The van der Waals surface area contributed by atoms with Crippen molar-refractivity contribution in [3.63, 3.8) is 0 Å². The molecule has 0 amide bonds. The van der Waals surface area contributed by atoms with E-state index < -0.39 is 0 Å². The molecule has 0 saturated carbocycles. The first-order valence-corrected chi connectivity index (χ1v) is 10.3. The van der Waals surface area contributed by atoms with Crippen molar-refractivity contribution in [2.45, 2.75) is 24.8 Å². The van der Waals surface area contributed by atoms with E-state index in [4.69, 9.17) is 4.74 Å². The standard InChI is InChI=1S/C26H24N2O2/c1-30-20-11-7-10-18(14-20)26-25-23(27-21-12-5-6-13-22(21)28-26)15-19(16-24(25)29)17-8-3-2-4-9-17/h2-14,19,26-28H,15-16H2,1H3/t19-,26+/m1/s1. The number of Topliss-reactive ketones (excluding diaryl/α,β-unsaturated/α-hetero) is 1. The van der Waals surface area contributed by atoms with Crippen molar-refractivity contribution < 1.29 is 9.53 Å². The predicted molar refractivity (Wildman–Crippen MR) is 120 cm³/mol. The molecule has 0 radical (unpaired) electrons. The smallest absolute Gasteiger partial charge is 0.163 e. The van der Waals surface area contributed by atoms with Crippen LogP contribution in [0, 0.1) is 0 Å². The van der Waals surface area contributed by atoms with Crippen LogP contribution >= 0.6 is 0 Å². The van der Waals surface area contributed by atoms with Gasteiger partial charge in [-0.1, -0.05) is 54.6 Å². The number of hydrogen-bond donors (Lipinski definition) is 2. The van der Waals surface area contributed by atoms with Gasteiger partial charge in [0.1, 0.15) is 5.75 Å². The number of ketones is 1. The molecule has 3 aromatic carbocycles. The highest BCUT2D eigenvalue weighted by atomic mass is 16.5. The van der Waals surface area contributed by atoms with Gasteiger partial charge in [0.25, 0.3) is 0 Å². The first-order chi connectivity index (χ1) is 14.7. The van der Waals surface area contributed by atoms with Crippen molar-refractivity contribution in [3.8, 4) is 5.75 Å².